The first-order valence-corrected chi connectivity index (χ1v) is 7.96. The molecule has 0 unspecified atom stereocenters. The summed E-state index contributed by atoms with van der Waals surface area (Å²) < 4.78 is 5.53. The van der Waals surface area contributed by atoms with Crippen LogP contribution in [-0.4, -0.2) is 24.4 Å². The van der Waals surface area contributed by atoms with Crippen molar-refractivity contribution in [3.05, 3.63) is 35.1 Å². The van der Waals surface area contributed by atoms with Crippen LogP contribution in [0.25, 0.3) is 11.0 Å². The van der Waals surface area contributed by atoms with Gasteiger partial charge in [0.05, 0.1) is 12.7 Å². The first kappa shape index (κ1) is 17.1. The van der Waals surface area contributed by atoms with Gasteiger partial charge in [-0.1, -0.05) is 6.92 Å². The second-order valence-corrected chi connectivity index (χ2v) is 5.95. The van der Waals surface area contributed by atoms with Crippen molar-refractivity contribution in [2.45, 2.75) is 46.6 Å². The van der Waals surface area contributed by atoms with Crippen LogP contribution in [0.3, 0.4) is 0 Å². The van der Waals surface area contributed by atoms with Crippen LogP contribution < -0.4 is 10.6 Å². The van der Waals surface area contributed by atoms with Gasteiger partial charge in [-0.15, -0.1) is 0 Å². The van der Waals surface area contributed by atoms with Crippen molar-refractivity contribution < 1.29 is 14.0 Å². The zero-order valence-electron chi connectivity index (χ0n) is 14.2. The number of fused-ring (bicyclic) bond motifs is 1. The molecular formula is C18H24N2O3. The SMILES string of the molecule is CCCNC(=O)[C@@H](C)NC(=O)Cc1coc2cc(C)c(C)cc12. The molecule has 1 atom stereocenters. The van der Waals surface area contributed by atoms with Crippen LogP contribution in [0.4, 0.5) is 0 Å². The normalized spacial score (nSPS) is 12.2. The molecule has 124 valence electrons. The van der Waals surface area contributed by atoms with Gasteiger partial charge in [-0.25, -0.2) is 0 Å². The number of benzene rings is 1. The van der Waals surface area contributed by atoms with Crippen molar-refractivity contribution in [1.29, 1.82) is 0 Å². The maximum atomic E-state index is 12.2. The van der Waals surface area contributed by atoms with E-state index in [0.717, 1.165) is 34.1 Å². The van der Waals surface area contributed by atoms with E-state index in [1.165, 1.54) is 0 Å². The molecule has 0 spiro atoms. The quantitative estimate of drug-likeness (QED) is 0.860. The lowest BCUT2D eigenvalue weighted by Crippen LogP contribution is -2.45. The van der Waals surface area contributed by atoms with E-state index >= 15 is 0 Å². The summed E-state index contributed by atoms with van der Waals surface area (Å²) in [7, 11) is 0. The van der Waals surface area contributed by atoms with E-state index in [4.69, 9.17) is 4.42 Å². The lowest BCUT2D eigenvalue weighted by atomic mass is 10.0. The number of hydrogen-bond acceptors (Lipinski definition) is 3. The minimum absolute atomic E-state index is 0.163. The minimum atomic E-state index is -0.545. The van der Waals surface area contributed by atoms with Crippen LogP contribution in [0.15, 0.2) is 22.8 Å². The molecule has 2 amide bonds. The van der Waals surface area contributed by atoms with Crippen LogP contribution >= 0.6 is 0 Å². The topological polar surface area (TPSA) is 71.3 Å². The maximum absolute atomic E-state index is 12.2. The van der Waals surface area contributed by atoms with E-state index in [1.54, 1.807) is 13.2 Å². The van der Waals surface area contributed by atoms with Crippen LogP contribution in [0, 0.1) is 13.8 Å². The molecule has 0 aliphatic rings. The molecule has 1 heterocycles. The molecule has 1 aromatic carbocycles. The van der Waals surface area contributed by atoms with Crippen molar-refractivity contribution in [3.8, 4) is 0 Å². The highest BCUT2D eigenvalue weighted by molar-refractivity contribution is 5.91. The third-order valence-corrected chi connectivity index (χ3v) is 3.94. The summed E-state index contributed by atoms with van der Waals surface area (Å²) in [6.07, 6.45) is 2.68. The van der Waals surface area contributed by atoms with Gasteiger partial charge in [0.25, 0.3) is 0 Å². The summed E-state index contributed by atoms with van der Waals surface area (Å²) in [5.41, 5.74) is 3.93. The number of amides is 2. The van der Waals surface area contributed by atoms with Gasteiger partial charge in [0, 0.05) is 17.5 Å². The minimum Gasteiger partial charge on any atom is -0.464 e. The molecule has 5 nitrogen and oxygen atoms in total. The average molecular weight is 316 g/mol. The first-order chi connectivity index (χ1) is 10.9. The fraction of sp³-hybridized carbons (Fsp3) is 0.444. The predicted octanol–water partition coefficient (Wildman–Crippen LogP) is 2.62. The molecule has 0 aliphatic heterocycles. The first-order valence-electron chi connectivity index (χ1n) is 7.96. The summed E-state index contributed by atoms with van der Waals surface area (Å²) in [5, 5.41) is 6.44. The van der Waals surface area contributed by atoms with E-state index in [0.29, 0.717) is 6.54 Å². The molecule has 1 aromatic heterocycles. The fourth-order valence-electron chi connectivity index (χ4n) is 2.41. The number of hydrogen-bond donors (Lipinski definition) is 2. The number of aryl methyl sites for hydroxylation is 2. The average Bonchev–Trinajstić information content (AvgIpc) is 2.87. The van der Waals surface area contributed by atoms with Crippen LogP contribution in [0.5, 0.6) is 0 Å². The lowest BCUT2D eigenvalue weighted by Gasteiger charge is -2.13. The van der Waals surface area contributed by atoms with E-state index in [-0.39, 0.29) is 18.2 Å². The Hall–Kier alpha value is -2.30. The summed E-state index contributed by atoms with van der Waals surface area (Å²) in [6, 6.07) is 3.47. The zero-order valence-corrected chi connectivity index (χ0v) is 14.2. The third-order valence-electron chi connectivity index (χ3n) is 3.94. The molecule has 0 saturated carbocycles. The van der Waals surface area contributed by atoms with Crippen LogP contribution in [-0.2, 0) is 16.0 Å². The van der Waals surface area contributed by atoms with Gasteiger partial charge in [0.1, 0.15) is 11.6 Å². The number of furan rings is 1. The molecule has 0 saturated heterocycles. The van der Waals surface area contributed by atoms with Crippen LogP contribution in [0.1, 0.15) is 37.0 Å². The Bertz CT molecular complexity index is 718. The number of carbonyl (C=O) groups excluding carboxylic acids is 2. The van der Waals surface area contributed by atoms with Crippen molar-refractivity contribution >= 4 is 22.8 Å². The Kier molecular flexibility index (Phi) is 5.42. The van der Waals surface area contributed by atoms with Crippen LogP contribution in [0.2, 0.25) is 0 Å². The van der Waals surface area contributed by atoms with Crippen molar-refractivity contribution in [1.82, 2.24) is 10.6 Å². The molecule has 5 heteroatoms. The van der Waals surface area contributed by atoms with E-state index < -0.39 is 6.04 Å². The van der Waals surface area contributed by atoms with Gasteiger partial charge < -0.3 is 15.1 Å². The fourth-order valence-corrected chi connectivity index (χ4v) is 2.41. The molecule has 0 radical (unpaired) electrons. The Morgan fingerprint density at radius 2 is 1.91 bits per heavy atom. The molecule has 0 bridgehead atoms. The van der Waals surface area contributed by atoms with Gasteiger partial charge in [0.15, 0.2) is 0 Å². The number of nitrogens with one attached hydrogen (secondary N) is 2. The largest absolute Gasteiger partial charge is 0.464 e. The Morgan fingerprint density at radius 1 is 1.22 bits per heavy atom. The Balaban J connectivity index is 2.03. The molecule has 2 aromatic rings. The monoisotopic (exact) mass is 316 g/mol. The second-order valence-electron chi connectivity index (χ2n) is 5.95. The van der Waals surface area contributed by atoms with Gasteiger partial charge in [-0.2, -0.15) is 0 Å². The molecule has 2 rings (SSSR count). The molecule has 2 N–H and O–H groups in total. The molecule has 0 aliphatic carbocycles. The van der Waals surface area contributed by atoms with Crippen molar-refractivity contribution in [3.63, 3.8) is 0 Å². The van der Waals surface area contributed by atoms with Gasteiger partial charge in [-0.05, 0) is 50.5 Å². The number of carbonyl (C=O) groups is 2. The maximum Gasteiger partial charge on any atom is 0.242 e. The van der Waals surface area contributed by atoms with Gasteiger partial charge in [0.2, 0.25) is 11.8 Å². The third kappa shape index (κ3) is 4.12. The summed E-state index contributed by atoms with van der Waals surface area (Å²) in [6.45, 7) is 8.34. The van der Waals surface area contributed by atoms with Gasteiger partial charge in [-0.3, -0.25) is 9.59 Å². The standard InChI is InChI=1S/C18H24N2O3/c1-5-6-19-18(22)13(4)20-17(21)9-14-10-23-16-8-12(3)11(2)7-15(14)16/h7-8,10,13H,5-6,9H2,1-4H3,(H,19,22)(H,20,21)/t13-/m1/s1. The zero-order chi connectivity index (χ0) is 17.0. The van der Waals surface area contributed by atoms with E-state index in [2.05, 4.69) is 10.6 Å². The number of rotatable bonds is 6. The summed E-state index contributed by atoms with van der Waals surface area (Å²) >= 11 is 0. The smallest absolute Gasteiger partial charge is 0.242 e. The molecule has 0 fully saturated rings. The van der Waals surface area contributed by atoms with E-state index in [9.17, 15) is 9.59 Å². The highest BCUT2D eigenvalue weighted by Gasteiger charge is 2.17. The molecule has 23 heavy (non-hydrogen) atoms. The van der Waals surface area contributed by atoms with E-state index in [1.807, 2.05) is 32.9 Å². The summed E-state index contributed by atoms with van der Waals surface area (Å²) in [5.74, 6) is -0.353. The second kappa shape index (κ2) is 7.31. The predicted molar refractivity (Wildman–Crippen MR) is 90.3 cm³/mol. The highest BCUT2D eigenvalue weighted by Crippen LogP contribution is 2.25. The van der Waals surface area contributed by atoms with Crippen molar-refractivity contribution in [2.75, 3.05) is 6.54 Å². The highest BCUT2D eigenvalue weighted by atomic mass is 16.3. The lowest BCUT2D eigenvalue weighted by molar-refractivity contribution is -0.128. The Labute approximate surface area is 136 Å². The summed E-state index contributed by atoms with van der Waals surface area (Å²) in [4.78, 5) is 24.0. The molecular weight excluding hydrogens is 292 g/mol. The van der Waals surface area contributed by atoms with Gasteiger partial charge >= 0.3 is 0 Å². The Morgan fingerprint density at radius 3 is 2.61 bits per heavy atom. The van der Waals surface area contributed by atoms with Crippen molar-refractivity contribution in [2.24, 2.45) is 0 Å².